The number of hydrogen-bond acceptors (Lipinski definition) is 3. The van der Waals surface area contributed by atoms with Gasteiger partial charge in [0.1, 0.15) is 0 Å². The molecule has 0 aliphatic carbocycles. The van der Waals surface area contributed by atoms with E-state index in [1.807, 2.05) is 47.9 Å². The Labute approximate surface area is 149 Å². The molecule has 0 atom stereocenters. The second kappa shape index (κ2) is 7.92. The minimum atomic E-state index is 0.553. The Balaban J connectivity index is 1.67. The van der Waals surface area contributed by atoms with E-state index in [-0.39, 0.29) is 0 Å². The quantitative estimate of drug-likeness (QED) is 0.522. The van der Waals surface area contributed by atoms with Crippen LogP contribution in [0.4, 0.5) is 0 Å². The summed E-state index contributed by atoms with van der Waals surface area (Å²) in [5.41, 5.74) is 1.99. The first-order valence-corrected chi connectivity index (χ1v) is 8.61. The molecule has 2 heterocycles. The van der Waals surface area contributed by atoms with E-state index in [1.165, 1.54) is 0 Å². The molecular formula is C17H19BrN6. The van der Waals surface area contributed by atoms with Gasteiger partial charge in [-0.05, 0) is 36.8 Å². The van der Waals surface area contributed by atoms with Crippen molar-refractivity contribution < 1.29 is 0 Å². The molecule has 0 spiro atoms. The molecule has 7 heteroatoms. The summed E-state index contributed by atoms with van der Waals surface area (Å²) in [6.07, 6.45) is 1.96. The van der Waals surface area contributed by atoms with Gasteiger partial charge in [-0.2, -0.15) is 0 Å². The predicted octanol–water partition coefficient (Wildman–Crippen LogP) is 2.75. The summed E-state index contributed by atoms with van der Waals surface area (Å²) in [5, 5.41) is 14.9. The molecule has 0 amide bonds. The van der Waals surface area contributed by atoms with Gasteiger partial charge in [0.05, 0.1) is 13.1 Å². The highest BCUT2D eigenvalue weighted by Gasteiger charge is 2.05. The van der Waals surface area contributed by atoms with Crippen LogP contribution < -0.4 is 10.6 Å². The summed E-state index contributed by atoms with van der Waals surface area (Å²) >= 11 is 3.44. The van der Waals surface area contributed by atoms with Crippen molar-refractivity contribution in [3.05, 3.63) is 64.5 Å². The monoisotopic (exact) mass is 386 g/mol. The van der Waals surface area contributed by atoms with Crippen LogP contribution in [0.2, 0.25) is 0 Å². The van der Waals surface area contributed by atoms with Crippen LogP contribution in [0.15, 0.2) is 58.1 Å². The molecule has 0 bridgehead atoms. The fourth-order valence-electron chi connectivity index (χ4n) is 2.28. The van der Waals surface area contributed by atoms with Gasteiger partial charge in [0.25, 0.3) is 0 Å². The number of pyridine rings is 1. The highest BCUT2D eigenvalue weighted by molar-refractivity contribution is 9.10. The van der Waals surface area contributed by atoms with Crippen LogP contribution in [0, 0.1) is 0 Å². The number of benzene rings is 1. The fraction of sp³-hybridized carbons (Fsp3) is 0.235. The average molecular weight is 387 g/mol. The van der Waals surface area contributed by atoms with Crippen molar-refractivity contribution >= 4 is 27.5 Å². The van der Waals surface area contributed by atoms with Gasteiger partial charge < -0.3 is 10.6 Å². The van der Waals surface area contributed by atoms with Crippen LogP contribution in [-0.4, -0.2) is 27.1 Å². The standard InChI is InChI=1S/C17H19BrN6/c1-2-19-17(20-11-13-6-8-14(18)9-7-13)21-12-16-23-22-15-5-3-4-10-24(15)16/h3-10H,2,11-12H2,1H3,(H2,19,20,21). The number of halogens is 1. The second-order valence-corrected chi connectivity index (χ2v) is 6.14. The first kappa shape index (κ1) is 16.4. The van der Waals surface area contributed by atoms with Gasteiger partial charge in [-0.3, -0.25) is 4.40 Å². The van der Waals surface area contributed by atoms with Crippen molar-refractivity contribution in [2.45, 2.75) is 20.0 Å². The fourth-order valence-corrected chi connectivity index (χ4v) is 2.54. The normalized spacial score (nSPS) is 11.7. The van der Waals surface area contributed by atoms with Crippen LogP contribution in [0.25, 0.3) is 5.65 Å². The number of nitrogens with one attached hydrogen (secondary N) is 2. The van der Waals surface area contributed by atoms with Gasteiger partial charge in [0, 0.05) is 17.2 Å². The number of fused-ring (bicyclic) bond motifs is 1. The summed E-state index contributed by atoms with van der Waals surface area (Å²) in [6.45, 7) is 4.01. The Morgan fingerprint density at radius 3 is 2.75 bits per heavy atom. The zero-order valence-corrected chi connectivity index (χ0v) is 15.0. The second-order valence-electron chi connectivity index (χ2n) is 5.22. The van der Waals surface area contributed by atoms with E-state index in [9.17, 15) is 0 Å². The highest BCUT2D eigenvalue weighted by Crippen LogP contribution is 2.11. The van der Waals surface area contributed by atoms with Crippen molar-refractivity contribution in [3.63, 3.8) is 0 Å². The molecule has 0 aliphatic heterocycles. The SMILES string of the molecule is CCNC(=NCc1ccc(Br)cc1)NCc1nnc2ccccn12. The molecule has 3 aromatic rings. The van der Waals surface area contributed by atoms with Crippen LogP contribution in [0.5, 0.6) is 0 Å². The lowest BCUT2D eigenvalue weighted by Gasteiger charge is -2.10. The Morgan fingerprint density at radius 2 is 1.96 bits per heavy atom. The van der Waals surface area contributed by atoms with Gasteiger partial charge in [-0.1, -0.05) is 34.1 Å². The number of nitrogens with zero attached hydrogens (tertiary/aromatic N) is 4. The van der Waals surface area contributed by atoms with Crippen LogP contribution in [0.3, 0.4) is 0 Å². The van der Waals surface area contributed by atoms with Crippen LogP contribution in [-0.2, 0) is 13.1 Å². The molecule has 124 valence electrons. The topological polar surface area (TPSA) is 66.6 Å². The minimum Gasteiger partial charge on any atom is -0.357 e. The molecule has 0 fully saturated rings. The minimum absolute atomic E-state index is 0.553. The number of aliphatic imine (C=N–C) groups is 1. The summed E-state index contributed by atoms with van der Waals surface area (Å²) in [5.74, 6) is 1.60. The Bertz CT molecular complexity index is 824. The molecule has 3 rings (SSSR count). The van der Waals surface area contributed by atoms with Crippen molar-refractivity contribution in [3.8, 4) is 0 Å². The van der Waals surface area contributed by atoms with E-state index < -0.39 is 0 Å². The van der Waals surface area contributed by atoms with E-state index in [4.69, 9.17) is 0 Å². The zero-order valence-electron chi connectivity index (χ0n) is 13.4. The lowest BCUT2D eigenvalue weighted by atomic mass is 10.2. The van der Waals surface area contributed by atoms with E-state index in [1.54, 1.807) is 0 Å². The zero-order chi connectivity index (χ0) is 16.8. The van der Waals surface area contributed by atoms with Crippen molar-refractivity contribution in [2.75, 3.05) is 6.54 Å². The molecule has 0 radical (unpaired) electrons. The van der Waals surface area contributed by atoms with Gasteiger partial charge in [-0.25, -0.2) is 4.99 Å². The molecule has 0 saturated heterocycles. The summed E-state index contributed by atoms with van der Waals surface area (Å²) in [6, 6.07) is 14.0. The van der Waals surface area contributed by atoms with Crippen molar-refractivity contribution in [1.29, 1.82) is 0 Å². The molecule has 0 unspecified atom stereocenters. The summed E-state index contributed by atoms with van der Waals surface area (Å²) in [4.78, 5) is 4.61. The van der Waals surface area contributed by atoms with Gasteiger partial charge in [0.15, 0.2) is 17.4 Å². The Morgan fingerprint density at radius 1 is 1.12 bits per heavy atom. The Hall–Kier alpha value is -2.41. The number of hydrogen-bond donors (Lipinski definition) is 2. The van der Waals surface area contributed by atoms with Gasteiger partial charge in [0.2, 0.25) is 0 Å². The molecule has 2 N–H and O–H groups in total. The lowest BCUT2D eigenvalue weighted by Crippen LogP contribution is -2.37. The first-order valence-electron chi connectivity index (χ1n) is 7.81. The summed E-state index contributed by atoms with van der Waals surface area (Å²) < 4.78 is 3.03. The summed E-state index contributed by atoms with van der Waals surface area (Å²) in [7, 11) is 0. The van der Waals surface area contributed by atoms with Crippen LogP contribution >= 0.6 is 15.9 Å². The van der Waals surface area contributed by atoms with Crippen molar-refractivity contribution in [1.82, 2.24) is 25.2 Å². The van der Waals surface area contributed by atoms with Crippen LogP contribution in [0.1, 0.15) is 18.3 Å². The number of rotatable bonds is 5. The predicted molar refractivity (Wildman–Crippen MR) is 98.8 cm³/mol. The molecule has 1 aromatic carbocycles. The third-order valence-electron chi connectivity index (χ3n) is 3.48. The third kappa shape index (κ3) is 4.11. The first-order chi connectivity index (χ1) is 11.8. The highest BCUT2D eigenvalue weighted by atomic mass is 79.9. The number of guanidine groups is 1. The van der Waals surface area contributed by atoms with Gasteiger partial charge >= 0.3 is 0 Å². The van der Waals surface area contributed by atoms with E-state index >= 15 is 0 Å². The maximum absolute atomic E-state index is 4.61. The smallest absolute Gasteiger partial charge is 0.191 e. The largest absolute Gasteiger partial charge is 0.357 e. The van der Waals surface area contributed by atoms with E-state index in [0.717, 1.165) is 34.0 Å². The van der Waals surface area contributed by atoms with Crippen molar-refractivity contribution in [2.24, 2.45) is 4.99 Å². The molecule has 24 heavy (non-hydrogen) atoms. The molecule has 6 nitrogen and oxygen atoms in total. The lowest BCUT2D eigenvalue weighted by molar-refractivity contribution is 0.765. The molecule has 0 saturated carbocycles. The third-order valence-corrected chi connectivity index (χ3v) is 4.00. The van der Waals surface area contributed by atoms with Gasteiger partial charge in [-0.15, -0.1) is 10.2 Å². The molecular weight excluding hydrogens is 368 g/mol. The molecule has 2 aromatic heterocycles. The van der Waals surface area contributed by atoms with E-state index in [0.29, 0.717) is 13.1 Å². The molecule has 0 aliphatic rings. The van der Waals surface area contributed by atoms with E-state index in [2.05, 4.69) is 53.9 Å². The maximum Gasteiger partial charge on any atom is 0.191 e. The maximum atomic E-state index is 4.61. The Kier molecular flexibility index (Phi) is 5.43. The number of aromatic nitrogens is 3. The average Bonchev–Trinajstić information content (AvgIpc) is 3.02.